The highest BCUT2D eigenvalue weighted by Crippen LogP contribution is 2.36. The lowest BCUT2D eigenvalue weighted by Gasteiger charge is -2.33. The fourth-order valence-corrected chi connectivity index (χ4v) is 4.25. The van der Waals surface area contributed by atoms with Gasteiger partial charge in [-0.05, 0) is 42.5 Å². The van der Waals surface area contributed by atoms with Crippen molar-refractivity contribution < 1.29 is 25.2 Å². The van der Waals surface area contributed by atoms with Crippen LogP contribution >= 0.6 is 0 Å². The standard InChI is InChI=1S/C20H24FN3O2.2H2O/c21-16-1-2-17-15(13-16)5-11-24-12-7-22-20(24)19(17)14-3-8-23(9-4-14)10-6-18(25)26;;/h1-2,7,12-13,20,22H,3-6,8-11H2,(H,25,26);2*1H2. The number of carbonyl (C=O) groups is 1. The fourth-order valence-electron chi connectivity index (χ4n) is 4.25. The predicted molar refractivity (Wildman–Crippen MR) is 105 cm³/mol. The number of aliphatic carboxylic acids is 1. The topological polar surface area (TPSA) is 119 Å². The van der Waals surface area contributed by atoms with Crippen molar-refractivity contribution in [2.45, 2.75) is 31.8 Å². The van der Waals surface area contributed by atoms with Crippen molar-refractivity contribution >= 4 is 11.5 Å². The van der Waals surface area contributed by atoms with Gasteiger partial charge in [0, 0.05) is 44.2 Å². The van der Waals surface area contributed by atoms with Crippen molar-refractivity contribution in [1.82, 2.24) is 15.1 Å². The molecule has 28 heavy (non-hydrogen) atoms. The van der Waals surface area contributed by atoms with Crippen LogP contribution in [0.25, 0.3) is 5.57 Å². The second kappa shape index (κ2) is 9.18. The zero-order chi connectivity index (χ0) is 18.1. The van der Waals surface area contributed by atoms with Crippen LogP contribution < -0.4 is 5.32 Å². The van der Waals surface area contributed by atoms with E-state index in [1.54, 1.807) is 12.1 Å². The molecule has 0 amide bonds. The number of hydrogen-bond acceptors (Lipinski definition) is 4. The number of nitrogens with zero attached hydrogens (tertiary/aromatic N) is 2. The molecule has 154 valence electrons. The van der Waals surface area contributed by atoms with E-state index in [1.807, 2.05) is 12.3 Å². The first-order chi connectivity index (χ1) is 12.6. The molecule has 1 aromatic rings. The molecule has 0 spiro atoms. The lowest BCUT2D eigenvalue weighted by molar-refractivity contribution is -0.137. The highest BCUT2D eigenvalue weighted by molar-refractivity contribution is 5.76. The highest BCUT2D eigenvalue weighted by Gasteiger charge is 2.31. The molecule has 1 aromatic carbocycles. The van der Waals surface area contributed by atoms with Gasteiger partial charge >= 0.3 is 5.97 Å². The number of rotatable bonds is 3. The first kappa shape index (κ1) is 21.9. The summed E-state index contributed by atoms with van der Waals surface area (Å²) in [5.74, 6) is -0.923. The van der Waals surface area contributed by atoms with Gasteiger partial charge in [0.15, 0.2) is 0 Å². The number of fused-ring (bicyclic) bond motifs is 2. The summed E-state index contributed by atoms with van der Waals surface area (Å²) in [4.78, 5) is 15.3. The van der Waals surface area contributed by atoms with Crippen molar-refractivity contribution in [2.75, 3.05) is 26.2 Å². The Hall–Kier alpha value is -2.42. The maximum absolute atomic E-state index is 13.8. The first-order valence-electron chi connectivity index (χ1n) is 9.25. The molecular weight excluding hydrogens is 365 g/mol. The lowest BCUT2D eigenvalue weighted by atomic mass is 9.88. The summed E-state index contributed by atoms with van der Waals surface area (Å²) in [6.45, 7) is 3.23. The molecule has 0 bridgehead atoms. The summed E-state index contributed by atoms with van der Waals surface area (Å²) in [5, 5.41) is 12.3. The van der Waals surface area contributed by atoms with Crippen molar-refractivity contribution in [3.8, 4) is 0 Å². The number of hydrogen-bond donors (Lipinski definition) is 2. The van der Waals surface area contributed by atoms with E-state index < -0.39 is 5.97 Å². The Bertz CT molecular complexity index is 771. The van der Waals surface area contributed by atoms with Gasteiger partial charge in [0.1, 0.15) is 12.0 Å². The van der Waals surface area contributed by atoms with E-state index in [2.05, 4.69) is 21.3 Å². The minimum absolute atomic E-state index is 0. The summed E-state index contributed by atoms with van der Waals surface area (Å²) in [7, 11) is 0. The summed E-state index contributed by atoms with van der Waals surface area (Å²) in [5.41, 5.74) is 4.91. The van der Waals surface area contributed by atoms with Gasteiger partial charge in [0.05, 0.1) is 6.42 Å². The fraction of sp³-hybridized carbons (Fsp3) is 0.450. The molecule has 1 fully saturated rings. The monoisotopic (exact) mass is 393 g/mol. The Morgan fingerprint density at radius 2 is 1.93 bits per heavy atom. The van der Waals surface area contributed by atoms with Gasteiger partial charge in [-0.25, -0.2) is 4.39 Å². The highest BCUT2D eigenvalue weighted by atomic mass is 19.1. The Morgan fingerprint density at radius 3 is 2.64 bits per heavy atom. The Labute approximate surface area is 163 Å². The van der Waals surface area contributed by atoms with Crippen molar-refractivity contribution in [3.63, 3.8) is 0 Å². The molecule has 4 rings (SSSR count). The number of carboxylic acids is 1. The van der Waals surface area contributed by atoms with Crippen LogP contribution in [0.4, 0.5) is 4.39 Å². The third-order valence-corrected chi connectivity index (χ3v) is 5.60. The number of carboxylic acid groups (broad SMARTS) is 1. The second-order valence-corrected chi connectivity index (χ2v) is 7.18. The molecule has 0 radical (unpaired) electrons. The Kier molecular flexibility index (Phi) is 7.17. The molecule has 7 nitrogen and oxygen atoms in total. The average molecular weight is 393 g/mol. The SMILES string of the molecule is O.O.O=C(O)CCN1CCC(=C2c3ccc(F)cc3CCN3C=CNC23)CC1. The summed E-state index contributed by atoms with van der Waals surface area (Å²) < 4.78 is 13.8. The van der Waals surface area contributed by atoms with Crippen molar-refractivity contribution in [1.29, 1.82) is 0 Å². The zero-order valence-corrected chi connectivity index (χ0v) is 15.7. The third kappa shape index (κ3) is 4.35. The van der Waals surface area contributed by atoms with Crippen LogP contribution in [0, 0.1) is 5.82 Å². The van der Waals surface area contributed by atoms with Crippen LogP contribution in [0.3, 0.4) is 0 Å². The van der Waals surface area contributed by atoms with E-state index in [4.69, 9.17) is 5.11 Å². The minimum atomic E-state index is -0.745. The van der Waals surface area contributed by atoms with Gasteiger partial charge in [-0.15, -0.1) is 0 Å². The number of halogens is 1. The maximum Gasteiger partial charge on any atom is 0.304 e. The average Bonchev–Trinajstić information content (AvgIpc) is 3.03. The van der Waals surface area contributed by atoms with E-state index >= 15 is 0 Å². The van der Waals surface area contributed by atoms with Gasteiger partial charge in [-0.3, -0.25) is 4.79 Å². The van der Waals surface area contributed by atoms with Crippen LogP contribution in [-0.4, -0.2) is 64.2 Å². The van der Waals surface area contributed by atoms with E-state index in [0.29, 0.717) is 6.54 Å². The molecule has 1 atom stereocenters. The molecule has 8 heteroatoms. The van der Waals surface area contributed by atoms with E-state index in [9.17, 15) is 9.18 Å². The Morgan fingerprint density at radius 1 is 1.18 bits per heavy atom. The molecule has 3 aliphatic rings. The summed E-state index contributed by atoms with van der Waals surface area (Å²) in [6, 6.07) is 5.15. The molecule has 1 unspecified atom stereocenters. The number of likely N-dealkylation sites (tertiary alicyclic amines) is 1. The molecule has 6 N–H and O–H groups in total. The van der Waals surface area contributed by atoms with Gasteiger partial charge in [0.25, 0.3) is 0 Å². The normalized spacial score (nSPS) is 21.0. The Balaban J connectivity index is 0.00000140. The van der Waals surface area contributed by atoms with Crippen LogP contribution in [0.1, 0.15) is 30.4 Å². The first-order valence-corrected chi connectivity index (χ1v) is 9.25. The van der Waals surface area contributed by atoms with Crippen molar-refractivity contribution in [3.05, 3.63) is 53.1 Å². The van der Waals surface area contributed by atoms with E-state index in [0.717, 1.165) is 50.0 Å². The van der Waals surface area contributed by atoms with Gasteiger partial charge in [-0.1, -0.05) is 11.6 Å². The molecule has 3 heterocycles. The van der Waals surface area contributed by atoms with Crippen LogP contribution in [-0.2, 0) is 11.2 Å². The number of benzene rings is 1. The number of piperidine rings is 1. The summed E-state index contributed by atoms with van der Waals surface area (Å²) >= 11 is 0. The molecular formula is C20H28FN3O4. The smallest absolute Gasteiger partial charge is 0.304 e. The van der Waals surface area contributed by atoms with E-state index in [-0.39, 0.29) is 29.4 Å². The number of nitrogens with one attached hydrogen (secondary N) is 1. The van der Waals surface area contributed by atoms with Crippen LogP contribution in [0.2, 0.25) is 0 Å². The van der Waals surface area contributed by atoms with Crippen LogP contribution in [0.15, 0.2) is 36.2 Å². The van der Waals surface area contributed by atoms with Gasteiger partial charge in [-0.2, -0.15) is 0 Å². The second-order valence-electron chi connectivity index (χ2n) is 7.18. The quantitative estimate of drug-likeness (QED) is 0.786. The molecule has 0 aromatic heterocycles. The predicted octanol–water partition coefficient (Wildman–Crippen LogP) is 0.759. The molecule has 0 aliphatic carbocycles. The zero-order valence-electron chi connectivity index (χ0n) is 15.7. The molecule has 1 saturated heterocycles. The minimum Gasteiger partial charge on any atom is -0.481 e. The lowest BCUT2D eigenvalue weighted by Crippen LogP contribution is -2.38. The largest absolute Gasteiger partial charge is 0.481 e. The van der Waals surface area contributed by atoms with Gasteiger partial charge in [0.2, 0.25) is 0 Å². The molecule has 3 aliphatic heterocycles. The van der Waals surface area contributed by atoms with Gasteiger partial charge < -0.3 is 31.2 Å². The van der Waals surface area contributed by atoms with Crippen molar-refractivity contribution in [2.24, 2.45) is 0 Å². The van der Waals surface area contributed by atoms with Crippen LogP contribution in [0.5, 0.6) is 0 Å². The third-order valence-electron chi connectivity index (χ3n) is 5.60. The molecule has 0 saturated carbocycles. The maximum atomic E-state index is 13.8. The van der Waals surface area contributed by atoms with E-state index in [1.165, 1.54) is 11.1 Å². The summed E-state index contributed by atoms with van der Waals surface area (Å²) in [6.07, 6.45) is 7.06.